The van der Waals surface area contributed by atoms with E-state index in [0.717, 1.165) is 32.1 Å². The minimum atomic E-state index is -1.38. The van der Waals surface area contributed by atoms with Gasteiger partial charge in [0, 0.05) is 11.8 Å². The molecule has 0 saturated heterocycles. The van der Waals surface area contributed by atoms with Gasteiger partial charge in [-0.05, 0) is 61.1 Å². The van der Waals surface area contributed by atoms with Crippen molar-refractivity contribution in [2.24, 2.45) is 22.5 Å². The number of aliphatic carboxylic acids is 1. The summed E-state index contributed by atoms with van der Waals surface area (Å²) in [6.45, 7) is 14.7. The van der Waals surface area contributed by atoms with Gasteiger partial charge in [-0.1, -0.05) is 61.0 Å². The summed E-state index contributed by atoms with van der Waals surface area (Å²) in [5.74, 6) is -3.73. The Morgan fingerprint density at radius 3 is 1.90 bits per heavy atom. The zero-order valence-corrected chi connectivity index (χ0v) is 26.4. The molecule has 1 aliphatic rings. The van der Waals surface area contributed by atoms with Gasteiger partial charge in [-0.2, -0.15) is 0 Å². The Labute approximate surface area is 249 Å². The molecular weight excluding hydrogens is 542 g/mol. The van der Waals surface area contributed by atoms with Gasteiger partial charge in [-0.3, -0.25) is 14.4 Å². The molecule has 0 radical (unpaired) electrons. The molecule has 0 aromatic heterocycles. The molecule has 4 atom stereocenters. The summed E-state index contributed by atoms with van der Waals surface area (Å²) in [6.07, 6.45) is 3.13. The molecule has 10 heteroatoms. The molecule has 1 aliphatic carbocycles. The predicted molar refractivity (Wildman–Crippen MR) is 157 cm³/mol. The van der Waals surface area contributed by atoms with Crippen molar-refractivity contribution < 1.29 is 43.2 Å². The quantitative estimate of drug-likeness (QED) is 0.219. The molecule has 1 aromatic carbocycles. The molecule has 42 heavy (non-hydrogen) atoms. The van der Waals surface area contributed by atoms with Crippen molar-refractivity contribution in [2.75, 3.05) is 0 Å². The second kappa shape index (κ2) is 14.8. The maximum atomic E-state index is 12.8. The normalized spacial score (nSPS) is 17.4. The molecule has 236 valence electrons. The Morgan fingerprint density at radius 1 is 0.881 bits per heavy atom. The van der Waals surface area contributed by atoms with Gasteiger partial charge in [-0.25, -0.2) is 4.79 Å². The van der Waals surface area contributed by atoms with Gasteiger partial charge in [0.15, 0.2) is 11.5 Å². The fourth-order valence-electron chi connectivity index (χ4n) is 4.97. The maximum absolute atomic E-state index is 12.8. The van der Waals surface area contributed by atoms with E-state index in [0.29, 0.717) is 5.56 Å². The fraction of sp³-hybridized carbons (Fsp3) is 0.688. The van der Waals surface area contributed by atoms with Gasteiger partial charge >= 0.3 is 24.1 Å². The second-order valence-corrected chi connectivity index (χ2v) is 13.8. The van der Waals surface area contributed by atoms with Crippen molar-refractivity contribution in [1.29, 1.82) is 0 Å². The van der Waals surface area contributed by atoms with E-state index >= 15 is 0 Å². The third-order valence-electron chi connectivity index (χ3n) is 7.23. The summed E-state index contributed by atoms with van der Waals surface area (Å²) in [5, 5.41) is 9.85. The van der Waals surface area contributed by atoms with E-state index in [-0.39, 0.29) is 41.3 Å². The Hall–Kier alpha value is -3.14. The van der Waals surface area contributed by atoms with E-state index in [1.165, 1.54) is 12.1 Å². The summed E-state index contributed by atoms with van der Waals surface area (Å²) in [7, 11) is 0. The highest BCUT2D eigenvalue weighted by Crippen LogP contribution is 2.38. The number of hydrogen-bond acceptors (Lipinski definition) is 9. The van der Waals surface area contributed by atoms with Crippen LogP contribution in [-0.2, 0) is 23.9 Å². The van der Waals surface area contributed by atoms with Gasteiger partial charge in [0.05, 0.1) is 12.8 Å². The number of carboxylic acid groups (broad SMARTS) is 1. The van der Waals surface area contributed by atoms with Crippen LogP contribution < -0.4 is 15.2 Å². The molecule has 0 amide bonds. The SMILES string of the molecule is CC(OC(=O)OC1CCCCC1)C(C)C(c1ccc(OC(=O)CC(C)(C)C)c(OC(=O)CC(C)(C)C)c1)[C@H](N)C(=O)O. The van der Waals surface area contributed by atoms with Crippen LogP contribution in [0.3, 0.4) is 0 Å². The third kappa shape index (κ3) is 11.6. The number of carbonyl (C=O) groups is 4. The number of hydrogen-bond donors (Lipinski definition) is 2. The zero-order chi connectivity index (χ0) is 31.8. The lowest BCUT2D eigenvalue weighted by atomic mass is 9.79. The minimum absolute atomic E-state index is 0.0240. The van der Waals surface area contributed by atoms with Crippen LogP contribution in [0.15, 0.2) is 18.2 Å². The van der Waals surface area contributed by atoms with Crippen molar-refractivity contribution in [2.45, 2.75) is 125 Å². The topological polar surface area (TPSA) is 151 Å². The molecule has 0 aliphatic heterocycles. The first-order valence-corrected chi connectivity index (χ1v) is 14.8. The van der Waals surface area contributed by atoms with Crippen LogP contribution in [0.4, 0.5) is 4.79 Å². The highest BCUT2D eigenvalue weighted by Gasteiger charge is 2.36. The average Bonchev–Trinajstić information content (AvgIpc) is 2.83. The Morgan fingerprint density at radius 2 is 1.40 bits per heavy atom. The van der Waals surface area contributed by atoms with Crippen molar-refractivity contribution in [3.8, 4) is 11.5 Å². The van der Waals surface area contributed by atoms with Gasteiger partial charge in [0.1, 0.15) is 18.2 Å². The first kappa shape index (κ1) is 35.1. The molecular formula is C32H49NO9. The molecule has 1 saturated carbocycles. The van der Waals surface area contributed by atoms with Crippen molar-refractivity contribution in [1.82, 2.24) is 0 Å². The van der Waals surface area contributed by atoms with E-state index in [2.05, 4.69) is 0 Å². The lowest BCUT2D eigenvalue weighted by molar-refractivity contribution is -0.140. The zero-order valence-electron chi connectivity index (χ0n) is 26.4. The Kier molecular flexibility index (Phi) is 12.4. The lowest BCUT2D eigenvalue weighted by Gasteiger charge is -2.32. The first-order chi connectivity index (χ1) is 19.4. The standard InChI is InChI=1S/C32H49NO9/c1-19(20(2)39-30(38)40-22-12-10-9-11-13-22)27(28(33)29(36)37)21-14-15-23(41-25(34)17-31(3,4)5)24(16-21)42-26(35)18-32(6,7)8/h14-16,19-20,22,27-28H,9-13,17-18,33H2,1-8H3,(H,36,37)/t19?,20?,27?,28-/m0/s1. The number of carboxylic acids is 1. The van der Waals surface area contributed by atoms with Gasteiger partial charge < -0.3 is 29.8 Å². The highest BCUT2D eigenvalue weighted by molar-refractivity contribution is 5.78. The van der Waals surface area contributed by atoms with Crippen molar-refractivity contribution in [3.63, 3.8) is 0 Å². The van der Waals surface area contributed by atoms with Gasteiger partial charge in [-0.15, -0.1) is 0 Å². The van der Waals surface area contributed by atoms with E-state index in [9.17, 15) is 24.3 Å². The average molecular weight is 592 g/mol. The summed E-state index contributed by atoms with van der Waals surface area (Å²) in [6, 6.07) is 3.13. The number of esters is 2. The molecule has 0 heterocycles. The Balaban J connectivity index is 2.39. The highest BCUT2D eigenvalue weighted by atomic mass is 16.7. The summed E-state index contributed by atoms with van der Waals surface area (Å²) >= 11 is 0. The monoisotopic (exact) mass is 591 g/mol. The van der Waals surface area contributed by atoms with Crippen LogP contribution in [0.25, 0.3) is 0 Å². The first-order valence-electron chi connectivity index (χ1n) is 14.8. The summed E-state index contributed by atoms with van der Waals surface area (Å²) in [4.78, 5) is 50.0. The summed E-state index contributed by atoms with van der Waals surface area (Å²) in [5.41, 5.74) is 5.90. The van der Waals surface area contributed by atoms with Crippen LogP contribution in [0.1, 0.15) is 112 Å². The van der Waals surface area contributed by atoms with Crippen molar-refractivity contribution in [3.05, 3.63) is 23.8 Å². The number of ether oxygens (including phenoxy) is 4. The van der Waals surface area contributed by atoms with E-state index < -0.39 is 48.0 Å². The maximum Gasteiger partial charge on any atom is 0.508 e. The van der Waals surface area contributed by atoms with Crippen LogP contribution >= 0.6 is 0 Å². The minimum Gasteiger partial charge on any atom is -0.480 e. The Bertz CT molecular complexity index is 1100. The lowest BCUT2D eigenvalue weighted by Crippen LogP contribution is -2.43. The number of benzene rings is 1. The smallest absolute Gasteiger partial charge is 0.480 e. The molecule has 2 rings (SSSR count). The molecule has 1 aromatic rings. The number of rotatable bonds is 11. The van der Waals surface area contributed by atoms with Crippen LogP contribution in [-0.4, -0.2) is 47.4 Å². The van der Waals surface area contributed by atoms with Crippen LogP contribution in [0.5, 0.6) is 11.5 Å². The molecule has 3 N–H and O–H groups in total. The molecule has 10 nitrogen and oxygen atoms in total. The van der Waals surface area contributed by atoms with E-state index in [1.54, 1.807) is 19.9 Å². The third-order valence-corrected chi connectivity index (χ3v) is 7.23. The van der Waals surface area contributed by atoms with E-state index in [1.807, 2.05) is 41.5 Å². The largest absolute Gasteiger partial charge is 0.508 e. The fourth-order valence-corrected chi connectivity index (χ4v) is 4.97. The molecule has 1 fully saturated rings. The van der Waals surface area contributed by atoms with Gasteiger partial charge in [0.2, 0.25) is 0 Å². The van der Waals surface area contributed by atoms with Crippen LogP contribution in [0, 0.1) is 16.7 Å². The summed E-state index contributed by atoms with van der Waals surface area (Å²) < 4.78 is 22.3. The molecule has 0 spiro atoms. The second-order valence-electron chi connectivity index (χ2n) is 13.8. The van der Waals surface area contributed by atoms with Crippen molar-refractivity contribution >= 4 is 24.1 Å². The van der Waals surface area contributed by atoms with E-state index in [4.69, 9.17) is 24.7 Å². The van der Waals surface area contributed by atoms with Crippen LogP contribution in [0.2, 0.25) is 0 Å². The van der Waals surface area contributed by atoms with Gasteiger partial charge in [0.25, 0.3) is 0 Å². The predicted octanol–water partition coefficient (Wildman–Crippen LogP) is 6.38. The molecule has 0 bridgehead atoms. The number of carbonyl (C=O) groups excluding carboxylic acids is 3. The number of nitrogens with two attached hydrogens (primary N) is 1. The molecule has 3 unspecified atom stereocenters.